The fourth-order valence-corrected chi connectivity index (χ4v) is 1.71. The van der Waals surface area contributed by atoms with Crippen LogP contribution in [0.5, 0.6) is 0 Å². The van der Waals surface area contributed by atoms with Gasteiger partial charge in [0.05, 0.1) is 0 Å². The molecule has 0 aliphatic carbocycles. The van der Waals surface area contributed by atoms with E-state index < -0.39 is 0 Å². The Hall–Kier alpha value is -1.62. The maximum absolute atomic E-state index is 12.9. The normalized spacial score (nSPS) is 13.2. The van der Waals surface area contributed by atoms with E-state index in [0.29, 0.717) is 13.1 Å². The monoisotopic (exact) mass is 281 g/mol. The average Bonchev–Trinajstić information content (AvgIpc) is 2.45. The van der Waals surface area contributed by atoms with Crippen LogP contribution in [-0.2, 0) is 6.54 Å². The molecule has 0 saturated heterocycles. The Kier molecular flexibility index (Phi) is 7.01. The zero-order chi connectivity index (χ0) is 15.0. The molecule has 0 heterocycles. The van der Waals surface area contributed by atoms with Gasteiger partial charge in [0.1, 0.15) is 5.82 Å². The van der Waals surface area contributed by atoms with Gasteiger partial charge in [-0.25, -0.2) is 4.39 Å². The molecule has 0 radical (unpaired) electrons. The molecule has 1 aromatic rings. The summed E-state index contributed by atoms with van der Waals surface area (Å²) < 4.78 is 12.9. The van der Waals surface area contributed by atoms with E-state index in [1.807, 2.05) is 25.8 Å². The van der Waals surface area contributed by atoms with Gasteiger partial charge in [0.15, 0.2) is 5.96 Å². The number of nitrogens with one attached hydrogen (secondary N) is 1. The van der Waals surface area contributed by atoms with Gasteiger partial charge in [-0.1, -0.05) is 19.1 Å². The van der Waals surface area contributed by atoms with Crippen LogP contribution >= 0.6 is 0 Å². The molecule has 1 aromatic carbocycles. The molecule has 0 amide bonds. The lowest BCUT2D eigenvalue weighted by molar-refractivity contribution is 0.241. The number of benzene rings is 1. The molecule has 1 rings (SSSR count). The van der Waals surface area contributed by atoms with Crippen LogP contribution < -0.4 is 5.32 Å². The van der Waals surface area contributed by atoms with Gasteiger partial charge >= 0.3 is 0 Å². The fourth-order valence-electron chi connectivity index (χ4n) is 1.71. The Morgan fingerprint density at radius 2 is 2.05 bits per heavy atom. The highest BCUT2D eigenvalue weighted by atomic mass is 19.1. The summed E-state index contributed by atoms with van der Waals surface area (Å²) in [4.78, 5) is 6.48. The second-order valence-electron chi connectivity index (χ2n) is 4.96. The van der Waals surface area contributed by atoms with Gasteiger partial charge in [0.25, 0.3) is 0 Å². The molecule has 0 aliphatic rings. The van der Waals surface area contributed by atoms with Crippen molar-refractivity contribution < 1.29 is 9.50 Å². The summed E-state index contributed by atoms with van der Waals surface area (Å²) >= 11 is 0. The summed E-state index contributed by atoms with van der Waals surface area (Å²) in [5.74, 6) is 0.703. The van der Waals surface area contributed by atoms with Gasteiger partial charge in [-0.15, -0.1) is 0 Å². The Morgan fingerprint density at radius 1 is 1.40 bits per heavy atom. The van der Waals surface area contributed by atoms with E-state index >= 15 is 0 Å². The number of aliphatic imine (C=N–C) groups is 1. The largest absolute Gasteiger partial charge is 0.396 e. The second-order valence-corrected chi connectivity index (χ2v) is 4.96. The van der Waals surface area contributed by atoms with E-state index in [0.717, 1.165) is 18.1 Å². The van der Waals surface area contributed by atoms with Crippen LogP contribution in [0, 0.1) is 11.7 Å². The van der Waals surface area contributed by atoms with Crippen LogP contribution in [0.15, 0.2) is 29.3 Å². The highest BCUT2D eigenvalue weighted by Gasteiger charge is 2.07. The van der Waals surface area contributed by atoms with E-state index in [1.54, 1.807) is 12.1 Å². The molecule has 0 bridgehead atoms. The maximum atomic E-state index is 12.9. The third-order valence-corrected chi connectivity index (χ3v) is 2.89. The minimum Gasteiger partial charge on any atom is -0.396 e. The number of rotatable bonds is 6. The number of hydrogen-bond donors (Lipinski definition) is 2. The molecule has 0 fully saturated rings. The van der Waals surface area contributed by atoms with Crippen LogP contribution in [0.1, 0.15) is 19.4 Å². The van der Waals surface area contributed by atoms with Crippen LogP contribution in [0.4, 0.5) is 4.39 Å². The van der Waals surface area contributed by atoms with Crippen LogP contribution in [0.3, 0.4) is 0 Å². The lowest BCUT2D eigenvalue weighted by Gasteiger charge is -2.22. The molecule has 1 atom stereocenters. The lowest BCUT2D eigenvalue weighted by atomic mass is 10.2. The smallest absolute Gasteiger partial charge is 0.193 e. The molecule has 0 spiro atoms. The zero-order valence-electron chi connectivity index (χ0n) is 12.4. The molecular formula is C15H24FN3O. The first kappa shape index (κ1) is 16.4. The average molecular weight is 281 g/mol. The predicted molar refractivity (Wildman–Crippen MR) is 80.1 cm³/mol. The van der Waals surface area contributed by atoms with Crippen LogP contribution in [0.2, 0.25) is 0 Å². The van der Waals surface area contributed by atoms with E-state index in [4.69, 9.17) is 5.11 Å². The third-order valence-electron chi connectivity index (χ3n) is 2.89. The van der Waals surface area contributed by atoms with Gasteiger partial charge in [0, 0.05) is 33.3 Å². The second kappa shape index (κ2) is 8.53. The van der Waals surface area contributed by atoms with Gasteiger partial charge in [-0.2, -0.15) is 0 Å². The molecule has 2 N–H and O–H groups in total. The van der Waals surface area contributed by atoms with Gasteiger partial charge in [-0.3, -0.25) is 4.99 Å². The highest BCUT2D eigenvalue weighted by molar-refractivity contribution is 5.79. The van der Waals surface area contributed by atoms with Crippen molar-refractivity contribution in [3.05, 3.63) is 35.6 Å². The fraction of sp³-hybridized carbons (Fsp3) is 0.533. The summed E-state index contributed by atoms with van der Waals surface area (Å²) in [7, 11) is 1.94. The van der Waals surface area contributed by atoms with Gasteiger partial charge < -0.3 is 15.3 Å². The van der Waals surface area contributed by atoms with E-state index in [2.05, 4.69) is 10.3 Å². The topological polar surface area (TPSA) is 47.9 Å². The number of aliphatic hydroxyl groups is 1. The first-order chi connectivity index (χ1) is 9.56. The molecule has 20 heavy (non-hydrogen) atoms. The van der Waals surface area contributed by atoms with E-state index in [-0.39, 0.29) is 18.3 Å². The first-order valence-electron chi connectivity index (χ1n) is 6.91. The van der Waals surface area contributed by atoms with Gasteiger partial charge in [-0.05, 0) is 30.5 Å². The van der Waals surface area contributed by atoms with Crippen LogP contribution in [-0.4, -0.2) is 42.7 Å². The molecule has 112 valence electrons. The lowest BCUT2D eigenvalue weighted by Crippen LogP contribution is -2.38. The molecule has 5 heteroatoms. The zero-order valence-corrected chi connectivity index (χ0v) is 12.4. The van der Waals surface area contributed by atoms with Crippen molar-refractivity contribution in [2.45, 2.75) is 20.4 Å². The number of aliphatic hydroxyl groups excluding tert-OH is 1. The summed E-state index contributed by atoms with van der Waals surface area (Å²) in [5, 5.41) is 12.3. The van der Waals surface area contributed by atoms with E-state index in [1.165, 1.54) is 12.1 Å². The highest BCUT2D eigenvalue weighted by Crippen LogP contribution is 2.06. The standard InChI is InChI=1S/C15H24FN3O/c1-4-17-15(18-9-12(2)11-20)19(3)10-13-5-7-14(16)8-6-13/h5-8,12,20H,4,9-11H2,1-3H3,(H,17,18). The first-order valence-corrected chi connectivity index (χ1v) is 6.91. The van der Waals surface area contributed by atoms with Crippen molar-refractivity contribution in [3.8, 4) is 0 Å². The molecule has 0 aromatic heterocycles. The van der Waals surface area contributed by atoms with Crippen molar-refractivity contribution >= 4 is 5.96 Å². The summed E-state index contributed by atoms with van der Waals surface area (Å²) in [6.45, 7) is 6.10. The number of guanidine groups is 1. The Bertz CT molecular complexity index is 420. The maximum Gasteiger partial charge on any atom is 0.193 e. The van der Waals surface area contributed by atoms with Gasteiger partial charge in [0.2, 0.25) is 0 Å². The van der Waals surface area contributed by atoms with Crippen LogP contribution in [0.25, 0.3) is 0 Å². The molecule has 1 unspecified atom stereocenters. The molecule has 0 aliphatic heterocycles. The van der Waals surface area contributed by atoms with Crippen molar-refractivity contribution in [2.24, 2.45) is 10.9 Å². The van der Waals surface area contributed by atoms with Crippen molar-refractivity contribution in [3.63, 3.8) is 0 Å². The third kappa shape index (κ3) is 5.57. The number of hydrogen-bond acceptors (Lipinski definition) is 2. The quantitative estimate of drug-likeness (QED) is 0.618. The number of nitrogens with zero attached hydrogens (tertiary/aromatic N) is 2. The van der Waals surface area contributed by atoms with Crippen molar-refractivity contribution in [1.82, 2.24) is 10.2 Å². The Balaban J connectivity index is 2.67. The summed E-state index contributed by atoms with van der Waals surface area (Å²) in [6, 6.07) is 6.46. The van der Waals surface area contributed by atoms with Crippen molar-refractivity contribution in [1.29, 1.82) is 0 Å². The predicted octanol–water partition coefficient (Wildman–Crippen LogP) is 1.85. The Labute approximate surface area is 120 Å². The minimum atomic E-state index is -0.228. The molecule has 0 saturated carbocycles. The SMILES string of the molecule is CCNC(=NCC(C)CO)N(C)Cc1ccc(F)cc1. The minimum absolute atomic E-state index is 0.130. The van der Waals surface area contributed by atoms with E-state index in [9.17, 15) is 4.39 Å². The molecular weight excluding hydrogens is 257 g/mol. The van der Waals surface area contributed by atoms with Crippen molar-refractivity contribution in [2.75, 3.05) is 26.7 Å². The summed E-state index contributed by atoms with van der Waals surface area (Å²) in [5.41, 5.74) is 1.02. The molecule has 4 nitrogen and oxygen atoms in total. The Morgan fingerprint density at radius 3 is 2.60 bits per heavy atom. The summed E-state index contributed by atoms with van der Waals surface area (Å²) in [6.07, 6.45) is 0. The number of halogens is 1.